The number of aromatic carboxylic acids is 1. The number of carbonyl (C=O) groups is 3. The van der Waals surface area contributed by atoms with Crippen molar-refractivity contribution in [2.45, 2.75) is 19.5 Å². The third-order valence-corrected chi connectivity index (χ3v) is 3.70. The summed E-state index contributed by atoms with van der Waals surface area (Å²) in [5, 5.41) is 11.4. The molecule has 0 saturated carbocycles. The number of amides is 2. The molecule has 1 unspecified atom stereocenters. The third-order valence-electron chi connectivity index (χ3n) is 3.70. The zero-order chi connectivity index (χ0) is 18.1. The predicted molar refractivity (Wildman–Crippen MR) is 77.5 cm³/mol. The van der Waals surface area contributed by atoms with Crippen molar-refractivity contribution in [2.24, 2.45) is 5.92 Å². The molecule has 1 aromatic rings. The van der Waals surface area contributed by atoms with Gasteiger partial charge in [-0.15, -0.1) is 0 Å². The van der Waals surface area contributed by atoms with Gasteiger partial charge in [-0.25, -0.2) is 4.79 Å². The molecule has 0 aliphatic carbocycles. The van der Waals surface area contributed by atoms with Crippen LogP contribution in [0.1, 0.15) is 22.3 Å². The number of nitrogens with zero attached hydrogens (tertiary/aromatic N) is 1. The maximum absolute atomic E-state index is 12.4. The first kappa shape index (κ1) is 17.8. The second-order valence-corrected chi connectivity index (χ2v) is 5.61. The number of hydrogen-bond acceptors (Lipinski definition) is 3. The lowest BCUT2D eigenvalue weighted by atomic mass is 10.1. The molecule has 130 valence electrons. The standard InChI is InChI=1S/C15H15F3N2O4/c1-8-2-3-9(14(23)24)4-11(8)19-13(22)10-5-12(21)20(6-10)7-15(16,17)18/h2-4,10H,5-7H2,1H3,(H,19,22)(H,23,24). The smallest absolute Gasteiger partial charge is 0.406 e. The maximum Gasteiger partial charge on any atom is 0.406 e. The van der Waals surface area contributed by atoms with Crippen LogP contribution in [0.4, 0.5) is 18.9 Å². The summed E-state index contributed by atoms with van der Waals surface area (Å²) < 4.78 is 37.1. The minimum absolute atomic E-state index is 0.0305. The zero-order valence-corrected chi connectivity index (χ0v) is 12.7. The largest absolute Gasteiger partial charge is 0.478 e. The molecule has 9 heteroatoms. The maximum atomic E-state index is 12.4. The number of likely N-dealkylation sites (tertiary alicyclic amines) is 1. The number of aryl methyl sites for hydroxylation is 1. The molecule has 24 heavy (non-hydrogen) atoms. The number of anilines is 1. The van der Waals surface area contributed by atoms with Crippen molar-refractivity contribution in [1.29, 1.82) is 0 Å². The highest BCUT2D eigenvalue weighted by atomic mass is 19.4. The van der Waals surface area contributed by atoms with E-state index in [1.807, 2.05) is 0 Å². The SMILES string of the molecule is Cc1ccc(C(=O)O)cc1NC(=O)C1CC(=O)N(CC(F)(F)F)C1. The van der Waals surface area contributed by atoms with E-state index in [9.17, 15) is 27.6 Å². The first-order chi connectivity index (χ1) is 11.1. The highest BCUT2D eigenvalue weighted by molar-refractivity contribution is 5.99. The molecular formula is C15H15F3N2O4. The lowest BCUT2D eigenvalue weighted by Crippen LogP contribution is -2.36. The van der Waals surface area contributed by atoms with Crippen LogP contribution < -0.4 is 5.32 Å². The van der Waals surface area contributed by atoms with Gasteiger partial charge in [0.15, 0.2) is 0 Å². The molecular weight excluding hydrogens is 329 g/mol. The Balaban J connectivity index is 2.07. The van der Waals surface area contributed by atoms with E-state index >= 15 is 0 Å². The summed E-state index contributed by atoms with van der Waals surface area (Å²) in [7, 11) is 0. The Labute approximate surface area is 135 Å². The van der Waals surface area contributed by atoms with E-state index in [1.165, 1.54) is 18.2 Å². The van der Waals surface area contributed by atoms with E-state index in [2.05, 4.69) is 5.32 Å². The summed E-state index contributed by atoms with van der Waals surface area (Å²) in [5.41, 5.74) is 0.823. The highest BCUT2D eigenvalue weighted by Crippen LogP contribution is 2.25. The van der Waals surface area contributed by atoms with Gasteiger partial charge in [-0.05, 0) is 24.6 Å². The molecule has 6 nitrogen and oxygen atoms in total. The van der Waals surface area contributed by atoms with Gasteiger partial charge in [0, 0.05) is 18.7 Å². The molecule has 0 radical (unpaired) electrons. The summed E-state index contributed by atoms with van der Waals surface area (Å²) in [4.78, 5) is 35.3. The van der Waals surface area contributed by atoms with Gasteiger partial charge < -0.3 is 15.3 Å². The molecule has 1 saturated heterocycles. The zero-order valence-electron chi connectivity index (χ0n) is 12.7. The number of rotatable bonds is 4. The van der Waals surface area contributed by atoms with Gasteiger partial charge in [-0.3, -0.25) is 9.59 Å². The number of halogens is 3. The van der Waals surface area contributed by atoms with Gasteiger partial charge in [0.25, 0.3) is 0 Å². The molecule has 0 spiro atoms. The summed E-state index contributed by atoms with van der Waals surface area (Å²) in [6, 6.07) is 4.14. The molecule has 1 aliphatic heterocycles. The van der Waals surface area contributed by atoms with Crippen LogP contribution in [0, 0.1) is 12.8 Å². The van der Waals surface area contributed by atoms with Crippen molar-refractivity contribution in [3.63, 3.8) is 0 Å². The molecule has 1 aliphatic rings. The number of alkyl halides is 3. The Hall–Kier alpha value is -2.58. The fourth-order valence-electron chi connectivity index (χ4n) is 2.44. The summed E-state index contributed by atoms with van der Waals surface area (Å²) >= 11 is 0. The Morgan fingerprint density at radius 1 is 1.38 bits per heavy atom. The highest BCUT2D eigenvalue weighted by Gasteiger charge is 2.40. The topological polar surface area (TPSA) is 86.7 Å². The molecule has 2 rings (SSSR count). The van der Waals surface area contributed by atoms with Crippen LogP contribution in [0.3, 0.4) is 0 Å². The number of carbonyl (C=O) groups excluding carboxylic acids is 2. The van der Waals surface area contributed by atoms with Crippen molar-refractivity contribution >= 4 is 23.5 Å². The van der Waals surface area contributed by atoms with E-state index in [0.29, 0.717) is 10.5 Å². The van der Waals surface area contributed by atoms with Crippen molar-refractivity contribution in [3.8, 4) is 0 Å². The van der Waals surface area contributed by atoms with Gasteiger partial charge in [0.1, 0.15) is 6.54 Å². The number of nitrogens with one attached hydrogen (secondary N) is 1. The third kappa shape index (κ3) is 4.24. The van der Waals surface area contributed by atoms with Crippen molar-refractivity contribution in [2.75, 3.05) is 18.4 Å². The van der Waals surface area contributed by atoms with Crippen molar-refractivity contribution in [1.82, 2.24) is 4.90 Å². The van der Waals surface area contributed by atoms with Crippen molar-refractivity contribution in [3.05, 3.63) is 29.3 Å². The number of carboxylic acids is 1. The minimum atomic E-state index is -4.52. The van der Waals surface area contributed by atoms with E-state index in [1.54, 1.807) is 6.92 Å². The molecule has 1 fully saturated rings. The van der Waals surface area contributed by atoms with Crippen LogP contribution in [-0.2, 0) is 9.59 Å². The van der Waals surface area contributed by atoms with E-state index in [-0.39, 0.29) is 24.2 Å². The van der Waals surface area contributed by atoms with Crippen LogP contribution in [-0.4, -0.2) is 47.1 Å². The number of benzene rings is 1. The first-order valence-corrected chi connectivity index (χ1v) is 7.06. The molecule has 2 N–H and O–H groups in total. The lowest BCUT2D eigenvalue weighted by Gasteiger charge is -2.18. The molecule has 1 atom stereocenters. The summed E-state index contributed by atoms with van der Waals surface area (Å²) in [6.07, 6.45) is -4.83. The monoisotopic (exact) mass is 344 g/mol. The average molecular weight is 344 g/mol. The number of carboxylic acid groups (broad SMARTS) is 1. The predicted octanol–water partition coefficient (Wildman–Crippen LogP) is 2.04. The van der Waals surface area contributed by atoms with Gasteiger partial charge in [-0.1, -0.05) is 6.07 Å². The quantitative estimate of drug-likeness (QED) is 0.875. The normalized spacial score (nSPS) is 17.9. The van der Waals surface area contributed by atoms with Crippen LogP contribution in [0.25, 0.3) is 0 Å². The van der Waals surface area contributed by atoms with E-state index in [0.717, 1.165) is 0 Å². The second-order valence-electron chi connectivity index (χ2n) is 5.61. The van der Waals surface area contributed by atoms with E-state index < -0.39 is 36.4 Å². The Morgan fingerprint density at radius 3 is 2.62 bits per heavy atom. The average Bonchev–Trinajstić information content (AvgIpc) is 2.80. The molecule has 1 heterocycles. The fraction of sp³-hybridized carbons (Fsp3) is 0.400. The first-order valence-electron chi connectivity index (χ1n) is 7.06. The van der Waals surface area contributed by atoms with Gasteiger partial charge >= 0.3 is 12.1 Å². The molecule has 0 bridgehead atoms. The van der Waals surface area contributed by atoms with Crippen LogP contribution in [0.15, 0.2) is 18.2 Å². The second kappa shape index (κ2) is 6.50. The van der Waals surface area contributed by atoms with E-state index in [4.69, 9.17) is 5.11 Å². The van der Waals surface area contributed by atoms with Gasteiger partial charge in [-0.2, -0.15) is 13.2 Å². The molecule has 1 aromatic carbocycles. The Bertz CT molecular complexity index is 688. The summed E-state index contributed by atoms with van der Waals surface area (Å²) in [6.45, 7) is -0.0536. The van der Waals surface area contributed by atoms with Gasteiger partial charge in [0.05, 0.1) is 11.5 Å². The van der Waals surface area contributed by atoms with Crippen LogP contribution in [0.2, 0.25) is 0 Å². The van der Waals surface area contributed by atoms with Crippen LogP contribution in [0.5, 0.6) is 0 Å². The number of hydrogen-bond donors (Lipinski definition) is 2. The Kier molecular flexibility index (Phi) is 4.81. The minimum Gasteiger partial charge on any atom is -0.478 e. The lowest BCUT2D eigenvalue weighted by molar-refractivity contribution is -0.157. The van der Waals surface area contributed by atoms with Crippen molar-refractivity contribution < 1.29 is 32.7 Å². The molecule has 2 amide bonds. The Morgan fingerprint density at radius 2 is 2.04 bits per heavy atom. The molecule has 0 aromatic heterocycles. The van der Waals surface area contributed by atoms with Gasteiger partial charge in [0.2, 0.25) is 11.8 Å². The summed E-state index contributed by atoms with van der Waals surface area (Å²) in [5.74, 6) is -3.42. The fourth-order valence-corrected chi connectivity index (χ4v) is 2.44. The van der Waals surface area contributed by atoms with Crippen LogP contribution >= 0.6 is 0 Å².